The van der Waals surface area contributed by atoms with Crippen LogP contribution < -0.4 is 0 Å². The van der Waals surface area contributed by atoms with E-state index in [-0.39, 0.29) is 11.8 Å². The van der Waals surface area contributed by atoms with Crippen LogP contribution in [0.1, 0.15) is 29.9 Å². The van der Waals surface area contributed by atoms with Gasteiger partial charge in [0, 0.05) is 10.9 Å². The fourth-order valence-corrected chi connectivity index (χ4v) is 2.38. The summed E-state index contributed by atoms with van der Waals surface area (Å²) in [5, 5.41) is 10.1. The maximum absolute atomic E-state index is 9.43. The van der Waals surface area contributed by atoms with Crippen molar-refractivity contribution in [3.05, 3.63) is 70.7 Å². The molecule has 2 aromatic rings. The minimum atomic E-state index is -0.221. The first kappa shape index (κ1) is 12.7. The van der Waals surface area contributed by atoms with Gasteiger partial charge < -0.3 is 0 Å². The van der Waals surface area contributed by atoms with Gasteiger partial charge in [0.2, 0.25) is 0 Å². The molecule has 0 bridgehead atoms. The van der Waals surface area contributed by atoms with Gasteiger partial charge in [0.15, 0.2) is 0 Å². The number of nitriles is 1. The average Bonchev–Trinajstić information content (AvgIpc) is 2.42. The zero-order valence-corrected chi connectivity index (χ0v) is 10.9. The number of hydrogen-bond donors (Lipinski definition) is 0. The molecule has 0 aromatic heterocycles. The molecule has 0 saturated carbocycles. The van der Waals surface area contributed by atoms with E-state index in [9.17, 15) is 5.26 Å². The Kier molecular flexibility index (Phi) is 4.02. The van der Waals surface area contributed by atoms with Crippen LogP contribution in [0.25, 0.3) is 0 Å². The highest BCUT2D eigenvalue weighted by molar-refractivity contribution is 6.31. The zero-order chi connectivity index (χ0) is 13.0. The molecule has 0 fully saturated rings. The monoisotopic (exact) mass is 255 g/mol. The van der Waals surface area contributed by atoms with Crippen molar-refractivity contribution in [3.63, 3.8) is 0 Å². The van der Waals surface area contributed by atoms with Crippen LogP contribution in [0.3, 0.4) is 0 Å². The summed E-state index contributed by atoms with van der Waals surface area (Å²) in [7, 11) is 0. The topological polar surface area (TPSA) is 23.8 Å². The summed E-state index contributed by atoms with van der Waals surface area (Å²) >= 11 is 6.18. The smallest absolute Gasteiger partial charge is 0.0792 e. The summed E-state index contributed by atoms with van der Waals surface area (Å²) in [4.78, 5) is 0. The van der Waals surface area contributed by atoms with Gasteiger partial charge in [-0.2, -0.15) is 5.26 Å². The van der Waals surface area contributed by atoms with Gasteiger partial charge in [0.05, 0.1) is 12.0 Å². The normalized spacial score (nSPS) is 13.6. The SMILES string of the molecule is CC(c1ccccc1)C(C#N)c1ccccc1Cl. The van der Waals surface area contributed by atoms with Gasteiger partial charge in [-0.3, -0.25) is 0 Å². The molecule has 90 valence electrons. The predicted molar refractivity (Wildman–Crippen MR) is 74.7 cm³/mol. The molecular formula is C16H14ClN. The Labute approximate surface area is 113 Å². The molecule has 2 unspecified atom stereocenters. The largest absolute Gasteiger partial charge is 0.198 e. The Bertz CT molecular complexity index is 557. The Morgan fingerprint density at radius 1 is 1.00 bits per heavy atom. The van der Waals surface area contributed by atoms with Crippen molar-refractivity contribution < 1.29 is 0 Å². The molecule has 0 amide bonds. The van der Waals surface area contributed by atoms with Crippen molar-refractivity contribution >= 4 is 11.6 Å². The average molecular weight is 256 g/mol. The summed E-state index contributed by atoms with van der Waals surface area (Å²) in [6.45, 7) is 2.06. The van der Waals surface area contributed by atoms with Crippen LogP contribution >= 0.6 is 11.6 Å². The highest BCUT2D eigenvalue weighted by Crippen LogP contribution is 2.35. The van der Waals surface area contributed by atoms with Gasteiger partial charge in [-0.1, -0.05) is 67.1 Å². The first-order valence-corrected chi connectivity index (χ1v) is 6.31. The van der Waals surface area contributed by atoms with E-state index in [1.807, 2.05) is 54.6 Å². The van der Waals surface area contributed by atoms with Crippen molar-refractivity contribution in [1.82, 2.24) is 0 Å². The van der Waals surface area contributed by atoms with E-state index < -0.39 is 0 Å². The van der Waals surface area contributed by atoms with E-state index >= 15 is 0 Å². The molecule has 0 aliphatic carbocycles. The van der Waals surface area contributed by atoms with Crippen molar-refractivity contribution in [1.29, 1.82) is 5.26 Å². The molecule has 2 aromatic carbocycles. The van der Waals surface area contributed by atoms with Crippen molar-refractivity contribution in [2.75, 3.05) is 0 Å². The Morgan fingerprint density at radius 3 is 2.22 bits per heavy atom. The van der Waals surface area contributed by atoms with Gasteiger partial charge in [-0.25, -0.2) is 0 Å². The van der Waals surface area contributed by atoms with Gasteiger partial charge in [0.1, 0.15) is 0 Å². The number of benzene rings is 2. The quantitative estimate of drug-likeness (QED) is 0.776. The molecule has 0 N–H and O–H groups in total. The van der Waals surface area contributed by atoms with Crippen LogP contribution in [-0.2, 0) is 0 Å². The lowest BCUT2D eigenvalue weighted by Crippen LogP contribution is -2.07. The summed E-state index contributed by atoms with van der Waals surface area (Å²) < 4.78 is 0. The van der Waals surface area contributed by atoms with Crippen LogP contribution in [0.4, 0.5) is 0 Å². The molecule has 0 heterocycles. The minimum Gasteiger partial charge on any atom is -0.198 e. The molecule has 2 atom stereocenters. The summed E-state index contributed by atoms with van der Waals surface area (Å²) in [6.07, 6.45) is 0. The fraction of sp³-hybridized carbons (Fsp3) is 0.188. The standard InChI is InChI=1S/C16H14ClN/c1-12(13-7-3-2-4-8-13)15(11-18)14-9-5-6-10-16(14)17/h2-10,12,15H,1H3. The number of halogens is 1. The van der Waals surface area contributed by atoms with Crippen LogP contribution in [0.2, 0.25) is 5.02 Å². The van der Waals surface area contributed by atoms with E-state index in [1.54, 1.807) is 0 Å². The molecule has 2 rings (SSSR count). The van der Waals surface area contributed by atoms with Crippen LogP contribution in [0.15, 0.2) is 54.6 Å². The Balaban J connectivity index is 2.36. The third-order valence-electron chi connectivity index (χ3n) is 3.20. The first-order chi connectivity index (χ1) is 8.74. The second-order valence-electron chi connectivity index (χ2n) is 4.33. The summed E-state index contributed by atoms with van der Waals surface area (Å²) in [5.41, 5.74) is 2.06. The van der Waals surface area contributed by atoms with Crippen LogP contribution in [-0.4, -0.2) is 0 Å². The number of nitrogens with zero attached hydrogens (tertiary/aromatic N) is 1. The molecule has 2 heteroatoms. The first-order valence-electron chi connectivity index (χ1n) is 5.93. The molecule has 1 nitrogen and oxygen atoms in total. The van der Waals surface area contributed by atoms with Crippen molar-refractivity contribution in [2.45, 2.75) is 18.8 Å². The van der Waals surface area contributed by atoms with Gasteiger partial charge in [-0.15, -0.1) is 0 Å². The molecule has 18 heavy (non-hydrogen) atoms. The minimum absolute atomic E-state index is 0.121. The molecular weight excluding hydrogens is 242 g/mol. The van der Waals surface area contributed by atoms with E-state index in [4.69, 9.17) is 11.6 Å². The molecule has 0 radical (unpaired) electrons. The Hall–Kier alpha value is -1.78. The predicted octanol–water partition coefficient (Wildman–Crippen LogP) is 4.75. The van der Waals surface area contributed by atoms with E-state index in [0.717, 1.165) is 11.1 Å². The van der Waals surface area contributed by atoms with Crippen LogP contribution in [0.5, 0.6) is 0 Å². The lowest BCUT2D eigenvalue weighted by atomic mass is 9.84. The second kappa shape index (κ2) is 5.71. The number of rotatable bonds is 3. The highest BCUT2D eigenvalue weighted by atomic mass is 35.5. The highest BCUT2D eigenvalue weighted by Gasteiger charge is 2.22. The molecule has 0 saturated heterocycles. The maximum Gasteiger partial charge on any atom is 0.0792 e. The molecule has 0 aliphatic rings. The second-order valence-corrected chi connectivity index (χ2v) is 4.73. The lowest BCUT2D eigenvalue weighted by Gasteiger charge is -2.19. The van der Waals surface area contributed by atoms with E-state index in [0.29, 0.717) is 5.02 Å². The van der Waals surface area contributed by atoms with E-state index in [1.165, 1.54) is 0 Å². The summed E-state index contributed by atoms with van der Waals surface area (Å²) in [6, 6.07) is 20.0. The lowest BCUT2D eigenvalue weighted by molar-refractivity contribution is 0.687. The van der Waals surface area contributed by atoms with Gasteiger partial charge in [-0.05, 0) is 17.2 Å². The van der Waals surface area contributed by atoms with Gasteiger partial charge in [0.25, 0.3) is 0 Å². The van der Waals surface area contributed by atoms with E-state index in [2.05, 4.69) is 13.0 Å². The third kappa shape index (κ3) is 2.55. The fourth-order valence-electron chi connectivity index (χ4n) is 2.13. The van der Waals surface area contributed by atoms with Crippen molar-refractivity contribution in [2.24, 2.45) is 0 Å². The Morgan fingerprint density at radius 2 is 1.61 bits per heavy atom. The third-order valence-corrected chi connectivity index (χ3v) is 3.55. The maximum atomic E-state index is 9.43. The van der Waals surface area contributed by atoms with Gasteiger partial charge >= 0.3 is 0 Å². The number of hydrogen-bond acceptors (Lipinski definition) is 1. The van der Waals surface area contributed by atoms with Crippen molar-refractivity contribution in [3.8, 4) is 6.07 Å². The zero-order valence-electron chi connectivity index (χ0n) is 10.2. The summed E-state index contributed by atoms with van der Waals surface area (Å²) in [5.74, 6) is -0.0998. The molecule has 0 aliphatic heterocycles. The van der Waals surface area contributed by atoms with Crippen LogP contribution in [0, 0.1) is 11.3 Å². The molecule has 0 spiro atoms.